The van der Waals surface area contributed by atoms with Crippen molar-refractivity contribution in [1.82, 2.24) is 10.2 Å². The van der Waals surface area contributed by atoms with Crippen molar-refractivity contribution in [2.45, 2.75) is 45.1 Å². The number of likely N-dealkylation sites (tertiary alicyclic amines) is 1. The van der Waals surface area contributed by atoms with Crippen molar-refractivity contribution in [3.63, 3.8) is 0 Å². The van der Waals surface area contributed by atoms with E-state index in [0.29, 0.717) is 0 Å². The number of hydrogen-bond acceptors (Lipinski definition) is 3. The number of carbonyl (C=O) groups excluding carboxylic acids is 3. The molecule has 2 aromatic rings. The second-order valence-corrected chi connectivity index (χ2v) is 7.85. The van der Waals surface area contributed by atoms with Gasteiger partial charge < -0.3 is 5.32 Å². The Morgan fingerprint density at radius 3 is 2.56 bits per heavy atom. The first-order valence-electron chi connectivity index (χ1n) is 9.61. The maximum absolute atomic E-state index is 12.7. The van der Waals surface area contributed by atoms with Gasteiger partial charge in [-0.3, -0.25) is 19.3 Å². The molecular formula is C22H24N2O3. The van der Waals surface area contributed by atoms with E-state index < -0.39 is 5.41 Å². The molecule has 2 fully saturated rings. The van der Waals surface area contributed by atoms with Gasteiger partial charge in [0.05, 0.1) is 11.5 Å². The molecule has 2 aliphatic rings. The number of benzene rings is 2. The lowest BCUT2D eigenvalue weighted by molar-refractivity contribution is -0.144. The van der Waals surface area contributed by atoms with E-state index in [1.807, 2.05) is 43.3 Å². The highest BCUT2D eigenvalue weighted by Crippen LogP contribution is 2.46. The van der Waals surface area contributed by atoms with Crippen LogP contribution in [0.4, 0.5) is 0 Å². The van der Waals surface area contributed by atoms with Crippen molar-refractivity contribution >= 4 is 28.5 Å². The highest BCUT2D eigenvalue weighted by atomic mass is 16.2. The number of nitrogens with zero attached hydrogens (tertiary/aromatic N) is 1. The summed E-state index contributed by atoms with van der Waals surface area (Å²) in [6.45, 7) is 1.73. The standard InChI is InChI=1S/C22H24N2O3/c1-15(17-9-8-16-6-2-3-7-18(16)12-17)23-19(25)14-24-20(26)13-22(21(24)27)10-4-5-11-22/h2-3,6-9,12,15H,4-5,10-11,13-14H2,1H3,(H,23,25). The van der Waals surface area contributed by atoms with Crippen molar-refractivity contribution in [3.05, 3.63) is 48.0 Å². The Hall–Kier alpha value is -2.69. The summed E-state index contributed by atoms with van der Waals surface area (Å²) in [4.78, 5) is 38.7. The van der Waals surface area contributed by atoms with E-state index in [9.17, 15) is 14.4 Å². The van der Waals surface area contributed by atoms with Crippen molar-refractivity contribution < 1.29 is 14.4 Å². The molecule has 1 saturated heterocycles. The van der Waals surface area contributed by atoms with E-state index in [1.54, 1.807) is 0 Å². The third kappa shape index (κ3) is 3.22. The fraction of sp³-hybridized carbons (Fsp3) is 0.409. The Bertz CT molecular complexity index is 915. The number of nitrogens with one attached hydrogen (secondary N) is 1. The summed E-state index contributed by atoms with van der Waals surface area (Å²) in [5.74, 6) is -0.665. The second-order valence-electron chi connectivity index (χ2n) is 7.85. The summed E-state index contributed by atoms with van der Waals surface area (Å²) in [5.41, 5.74) is 0.467. The molecule has 1 aliphatic heterocycles. The molecule has 3 amide bonds. The fourth-order valence-corrected chi connectivity index (χ4v) is 4.45. The summed E-state index contributed by atoms with van der Waals surface area (Å²) >= 11 is 0. The average molecular weight is 364 g/mol. The Kier molecular flexibility index (Phi) is 4.46. The van der Waals surface area contributed by atoms with Crippen molar-refractivity contribution in [2.75, 3.05) is 6.54 Å². The van der Waals surface area contributed by atoms with Gasteiger partial charge in [0.15, 0.2) is 0 Å². The van der Waals surface area contributed by atoms with E-state index >= 15 is 0 Å². The van der Waals surface area contributed by atoms with Crippen LogP contribution in [0.15, 0.2) is 42.5 Å². The number of hydrogen-bond donors (Lipinski definition) is 1. The number of imide groups is 1. The van der Waals surface area contributed by atoms with Gasteiger partial charge in [0.1, 0.15) is 6.54 Å². The zero-order chi connectivity index (χ0) is 19.0. The first kappa shape index (κ1) is 17.7. The van der Waals surface area contributed by atoms with Crippen molar-refractivity contribution in [3.8, 4) is 0 Å². The van der Waals surface area contributed by atoms with Gasteiger partial charge in [0.25, 0.3) is 0 Å². The molecule has 2 aromatic carbocycles. The molecule has 1 heterocycles. The molecule has 0 aromatic heterocycles. The van der Waals surface area contributed by atoms with Crippen molar-refractivity contribution in [1.29, 1.82) is 0 Å². The quantitative estimate of drug-likeness (QED) is 0.846. The zero-order valence-electron chi connectivity index (χ0n) is 15.5. The van der Waals surface area contributed by atoms with Gasteiger partial charge in [0, 0.05) is 6.42 Å². The van der Waals surface area contributed by atoms with Crippen LogP contribution in [-0.2, 0) is 14.4 Å². The smallest absolute Gasteiger partial charge is 0.240 e. The van der Waals surface area contributed by atoms with Crippen LogP contribution in [-0.4, -0.2) is 29.2 Å². The third-order valence-corrected chi connectivity index (χ3v) is 6.00. The maximum atomic E-state index is 12.7. The van der Waals surface area contributed by atoms with E-state index in [1.165, 1.54) is 0 Å². The lowest BCUT2D eigenvalue weighted by Crippen LogP contribution is -2.42. The summed E-state index contributed by atoms with van der Waals surface area (Å²) in [6, 6.07) is 13.9. The predicted molar refractivity (Wildman–Crippen MR) is 103 cm³/mol. The number of carbonyl (C=O) groups is 3. The van der Waals surface area contributed by atoms with Crippen LogP contribution in [0.25, 0.3) is 10.8 Å². The minimum Gasteiger partial charge on any atom is -0.348 e. The highest BCUT2D eigenvalue weighted by molar-refractivity contribution is 6.08. The summed E-state index contributed by atoms with van der Waals surface area (Å²) in [7, 11) is 0. The first-order valence-corrected chi connectivity index (χ1v) is 9.61. The number of fused-ring (bicyclic) bond motifs is 1. The van der Waals surface area contributed by atoms with Gasteiger partial charge in [-0.05, 0) is 42.2 Å². The second kappa shape index (κ2) is 6.80. The first-order chi connectivity index (χ1) is 13.0. The van der Waals surface area contributed by atoms with Crippen LogP contribution in [0, 0.1) is 5.41 Å². The molecular weight excluding hydrogens is 340 g/mol. The fourth-order valence-electron chi connectivity index (χ4n) is 4.45. The van der Waals surface area contributed by atoms with Gasteiger partial charge in [-0.15, -0.1) is 0 Å². The topological polar surface area (TPSA) is 66.5 Å². The van der Waals surface area contributed by atoms with Crippen LogP contribution >= 0.6 is 0 Å². The molecule has 0 bridgehead atoms. The third-order valence-electron chi connectivity index (χ3n) is 6.00. The Morgan fingerprint density at radius 1 is 1.11 bits per heavy atom. The molecule has 0 radical (unpaired) electrons. The molecule has 1 unspecified atom stereocenters. The van der Waals surface area contributed by atoms with Crippen molar-refractivity contribution in [2.24, 2.45) is 5.41 Å². The highest BCUT2D eigenvalue weighted by Gasteiger charge is 2.52. The minimum absolute atomic E-state index is 0.154. The lowest BCUT2D eigenvalue weighted by Gasteiger charge is -2.21. The van der Waals surface area contributed by atoms with Gasteiger partial charge in [-0.2, -0.15) is 0 Å². The van der Waals surface area contributed by atoms with E-state index in [-0.39, 0.29) is 36.7 Å². The van der Waals surface area contributed by atoms with Crippen LogP contribution < -0.4 is 5.32 Å². The molecule has 5 nitrogen and oxygen atoms in total. The molecule has 1 spiro atoms. The molecule has 4 rings (SSSR count). The van der Waals surface area contributed by atoms with Gasteiger partial charge in [-0.1, -0.05) is 49.2 Å². The van der Waals surface area contributed by atoms with Crippen LogP contribution in [0.1, 0.15) is 50.6 Å². The molecule has 27 heavy (non-hydrogen) atoms. The molecule has 1 atom stereocenters. The largest absolute Gasteiger partial charge is 0.348 e. The summed E-state index contributed by atoms with van der Waals surface area (Å²) in [6.07, 6.45) is 3.77. The van der Waals surface area contributed by atoms with Gasteiger partial charge in [0.2, 0.25) is 17.7 Å². The SMILES string of the molecule is CC(NC(=O)CN1C(=O)CC2(CCCC2)C1=O)c1ccc2ccccc2c1. The summed E-state index contributed by atoms with van der Waals surface area (Å²) < 4.78 is 0. The number of amides is 3. The molecule has 5 heteroatoms. The average Bonchev–Trinajstić information content (AvgIpc) is 3.22. The normalized spacial score (nSPS) is 19.8. The van der Waals surface area contributed by atoms with Crippen LogP contribution in [0.2, 0.25) is 0 Å². The Balaban J connectivity index is 1.42. The predicted octanol–water partition coefficient (Wildman–Crippen LogP) is 3.34. The van der Waals surface area contributed by atoms with Gasteiger partial charge in [-0.25, -0.2) is 0 Å². The minimum atomic E-state index is -0.526. The summed E-state index contributed by atoms with van der Waals surface area (Å²) in [5, 5.41) is 5.19. The monoisotopic (exact) mass is 364 g/mol. The van der Waals surface area contributed by atoms with E-state index in [2.05, 4.69) is 11.4 Å². The van der Waals surface area contributed by atoms with Crippen LogP contribution in [0.5, 0.6) is 0 Å². The van der Waals surface area contributed by atoms with E-state index in [0.717, 1.165) is 46.9 Å². The molecule has 140 valence electrons. The molecule has 1 N–H and O–H groups in total. The zero-order valence-corrected chi connectivity index (χ0v) is 15.5. The Morgan fingerprint density at radius 2 is 1.81 bits per heavy atom. The number of rotatable bonds is 4. The molecule has 1 aliphatic carbocycles. The van der Waals surface area contributed by atoms with E-state index in [4.69, 9.17) is 0 Å². The maximum Gasteiger partial charge on any atom is 0.240 e. The molecule has 1 saturated carbocycles. The van der Waals surface area contributed by atoms with Gasteiger partial charge >= 0.3 is 0 Å². The Labute approximate surface area is 158 Å². The van der Waals surface area contributed by atoms with Crippen LogP contribution in [0.3, 0.4) is 0 Å². The lowest BCUT2D eigenvalue weighted by atomic mass is 9.84.